The van der Waals surface area contributed by atoms with Gasteiger partial charge < -0.3 is 9.72 Å². The van der Waals surface area contributed by atoms with E-state index >= 15 is 0 Å². The monoisotopic (exact) mass is 557 g/mol. The van der Waals surface area contributed by atoms with Crippen molar-refractivity contribution in [2.24, 2.45) is 11.8 Å². The molecule has 2 aromatic rings. The standard InChI is InChI=1S/C30H37Cl2N3O3/c31-26-9-4-8-24(27(26)32)20-25-28(23-12-10-22(11-13-23)21-6-2-1-3-7-21)33-30(37)35(29(25)36)15-5-14-34-16-18-38-19-17-34/h1-4,6,8-9,21-23H,5,7,10-20H2,(H,33,37)/t21?,22-,23-. The molecule has 0 radical (unpaired) electrons. The van der Waals surface area contributed by atoms with Crippen LogP contribution in [-0.4, -0.2) is 47.3 Å². The number of H-pyrrole nitrogens is 1. The SMILES string of the molecule is O=c1[nH]c([C@H]2CC[C@H](C3C=CC=CC3)CC2)c(Cc2cccc(Cl)c2Cl)c(=O)n1CCCN1CCOCC1. The average molecular weight is 559 g/mol. The van der Waals surface area contributed by atoms with E-state index in [2.05, 4.69) is 34.2 Å². The first kappa shape index (κ1) is 27.4. The van der Waals surface area contributed by atoms with Gasteiger partial charge in [-0.2, -0.15) is 0 Å². The van der Waals surface area contributed by atoms with Crippen molar-refractivity contribution in [1.82, 2.24) is 14.5 Å². The van der Waals surface area contributed by atoms with E-state index in [1.54, 1.807) is 6.07 Å². The van der Waals surface area contributed by atoms with Gasteiger partial charge in [-0.05, 0) is 67.9 Å². The van der Waals surface area contributed by atoms with Crippen LogP contribution >= 0.6 is 23.2 Å². The molecule has 0 bridgehead atoms. The molecule has 204 valence electrons. The molecule has 2 aliphatic carbocycles. The Hall–Kier alpha value is -2.12. The summed E-state index contributed by atoms with van der Waals surface area (Å²) in [5.74, 6) is 1.39. The summed E-state index contributed by atoms with van der Waals surface area (Å²) in [5.41, 5.74) is 1.72. The number of benzene rings is 1. The summed E-state index contributed by atoms with van der Waals surface area (Å²) < 4.78 is 6.80. The molecular weight excluding hydrogens is 521 g/mol. The Morgan fingerprint density at radius 1 is 1.00 bits per heavy atom. The van der Waals surface area contributed by atoms with Crippen LogP contribution in [0.15, 0.2) is 52.1 Å². The first-order valence-electron chi connectivity index (χ1n) is 13.9. The highest BCUT2D eigenvalue weighted by molar-refractivity contribution is 6.42. The molecule has 1 N–H and O–H groups in total. The molecule has 1 unspecified atom stereocenters. The van der Waals surface area contributed by atoms with Crippen molar-refractivity contribution in [2.75, 3.05) is 32.8 Å². The highest BCUT2D eigenvalue weighted by atomic mass is 35.5. The Morgan fingerprint density at radius 3 is 2.53 bits per heavy atom. The molecule has 0 amide bonds. The van der Waals surface area contributed by atoms with Gasteiger partial charge in [0.15, 0.2) is 0 Å². The van der Waals surface area contributed by atoms with E-state index < -0.39 is 0 Å². The second-order valence-electron chi connectivity index (χ2n) is 10.8. The largest absolute Gasteiger partial charge is 0.379 e. The lowest BCUT2D eigenvalue weighted by Crippen LogP contribution is -2.41. The van der Waals surface area contributed by atoms with Gasteiger partial charge >= 0.3 is 5.69 Å². The van der Waals surface area contributed by atoms with E-state index in [1.807, 2.05) is 12.1 Å². The molecule has 1 aromatic carbocycles. The highest BCUT2D eigenvalue weighted by Crippen LogP contribution is 2.41. The zero-order chi connectivity index (χ0) is 26.5. The Bertz CT molecular complexity index is 1280. The molecule has 0 spiro atoms. The topological polar surface area (TPSA) is 67.3 Å². The molecule has 6 nitrogen and oxygen atoms in total. The molecule has 38 heavy (non-hydrogen) atoms. The van der Waals surface area contributed by atoms with Crippen molar-refractivity contribution >= 4 is 23.2 Å². The van der Waals surface area contributed by atoms with E-state index in [1.165, 1.54) is 4.57 Å². The molecule has 1 atom stereocenters. The number of aromatic nitrogens is 2. The van der Waals surface area contributed by atoms with Crippen molar-refractivity contribution in [3.63, 3.8) is 0 Å². The van der Waals surface area contributed by atoms with Crippen LogP contribution in [0.1, 0.15) is 61.3 Å². The summed E-state index contributed by atoms with van der Waals surface area (Å²) in [7, 11) is 0. The molecule has 1 aliphatic heterocycles. The number of nitrogens with one attached hydrogen (secondary N) is 1. The summed E-state index contributed by atoms with van der Waals surface area (Å²) >= 11 is 12.8. The van der Waals surface area contributed by atoms with Gasteiger partial charge in [-0.3, -0.25) is 14.3 Å². The van der Waals surface area contributed by atoms with Crippen molar-refractivity contribution in [2.45, 2.75) is 57.4 Å². The molecule has 8 heteroatoms. The fraction of sp³-hybridized carbons (Fsp3) is 0.533. The van der Waals surface area contributed by atoms with Gasteiger partial charge in [0.1, 0.15) is 0 Å². The Kier molecular flexibility index (Phi) is 9.26. The van der Waals surface area contributed by atoms with E-state index in [0.717, 1.165) is 82.6 Å². The van der Waals surface area contributed by atoms with E-state index in [4.69, 9.17) is 27.9 Å². The summed E-state index contributed by atoms with van der Waals surface area (Å²) in [5, 5.41) is 0.932. The molecule has 2 fully saturated rings. The van der Waals surface area contributed by atoms with Gasteiger partial charge in [-0.15, -0.1) is 0 Å². The Morgan fingerprint density at radius 2 is 1.79 bits per heavy atom. The molecular formula is C30H37Cl2N3O3. The van der Waals surface area contributed by atoms with Crippen LogP contribution in [0.4, 0.5) is 0 Å². The number of nitrogens with zero attached hydrogens (tertiary/aromatic N) is 2. The van der Waals surface area contributed by atoms with Crippen LogP contribution in [0.5, 0.6) is 0 Å². The minimum absolute atomic E-state index is 0.158. The van der Waals surface area contributed by atoms with E-state index in [0.29, 0.717) is 40.4 Å². The van der Waals surface area contributed by atoms with Gasteiger partial charge in [-0.1, -0.05) is 59.6 Å². The molecule has 2 heterocycles. The average Bonchev–Trinajstić information content (AvgIpc) is 2.95. The number of hydrogen-bond donors (Lipinski definition) is 1. The van der Waals surface area contributed by atoms with Crippen LogP contribution in [0.3, 0.4) is 0 Å². The maximum absolute atomic E-state index is 13.9. The van der Waals surface area contributed by atoms with Gasteiger partial charge in [0.2, 0.25) is 0 Å². The first-order chi connectivity index (χ1) is 18.5. The van der Waals surface area contributed by atoms with Crippen LogP contribution in [0.25, 0.3) is 0 Å². The van der Waals surface area contributed by atoms with Crippen molar-refractivity contribution in [3.8, 4) is 0 Å². The van der Waals surface area contributed by atoms with Crippen molar-refractivity contribution in [3.05, 3.63) is 90.2 Å². The fourth-order valence-corrected chi connectivity index (χ4v) is 6.68. The number of halogens is 2. The maximum atomic E-state index is 13.9. The molecule has 1 saturated heterocycles. The second kappa shape index (κ2) is 12.8. The zero-order valence-corrected chi connectivity index (χ0v) is 23.4. The van der Waals surface area contributed by atoms with Crippen molar-refractivity contribution < 1.29 is 4.74 Å². The summed E-state index contributed by atoms with van der Waals surface area (Å²) in [6, 6.07) is 5.51. The molecule has 3 aliphatic rings. The van der Waals surface area contributed by atoms with Gasteiger partial charge in [0.25, 0.3) is 5.56 Å². The van der Waals surface area contributed by atoms with Crippen molar-refractivity contribution in [1.29, 1.82) is 0 Å². The van der Waals surface area contributed by atoms with Crippen LogP contribution in [0, 0.1) is 11.8 Å². The molecule has 5 rings (SSSR count). The lowest BCUT2D eigenvalue weighted by atomic mass is 9.72. The van der Waals surface area contributed by atoms with Crippen LogP contribution in [-0.2, 0) is 17.7 Å². The third-order valence-corrected chi connectivity index (χ3v) is 9.33. The maximum Gasteiger partial charge on any atom is 0.328 e. The minimum atomic E-state index is -0.310. The first-order valence-corrected chi connectivity index (χ1v) is 14.7. The predicted octanol–water partition coefficient (Wildman–Crippen LogP) is 5.56. The number of aromatic amines is 1. The smallest absolute Gasteiger partial charge is 0.328 e. The van der Waals surface area contributed by atoms with Gasteiger partial charge in [-0.25, -0.2) is 4.79 Å². The predicted molar refractivity (Wildman–Crippen MR) is 154 cm³/mol. The number of allylic oxidation sites excluding steroid dienone is 4. The molecule has 1 saturated carbocycles. The van der Waals surface area contributed by atoms with Crippen LogP contribution < -0.4 is 11.2 Å². The summed E-state index contributed by atoms with van der Waals surface area (Å²) in [6.07, 6.45) is 15.2. The Labute approximate surface area is 234 Å². The number of ether oxygens (including phenoxy) is 1. The quantitative estimate of drug-likeness (QED) is 0.461. The summed E-state index contributed by atoms with van der Waals surface area (Å²) in [6.45, 7) is 4.46. The van der Waals surface area contributed by atoms with E-state index in [9.17, 15) is 9.59 Å². The second-order valence-corrected chi connectivity index (χ2v) is 11.6. The van der Waals surface area contributed by atoms with Gasteiger partial charge in [0.05, 0.1) is 23.3 Å². The van der Waals surface area contributed by atoms with Crippen LogP contribution in [0.2, 0.25) is 10.0 Å². The summed E-state index contributed by atoms with van der Waals surface area (Å²) in [4.78, 5) is 32.6. The number of hydrogen-bond acceptors (Lipinski definition) is 4. The third-order valence-electron chi connectivity index (χ3n) is 8.47. The van der Waals surface area contributed by atoms with Gasteiger partial charge in [0, 0.05) is 43.9 Å². The fourth-order valence-electron chi connectivity index (χ4n) is 6.29. The lowest BCUT2D eigenvalue weighted by Gasteiger charge is -2.33. The third kappa shape index (κ3) is 6.36. The zero-order valence-electron chi connectivity index (χ0n) is 21.8. The Balaban J connectivity index is 1.39. The van der Waals surface area contributed by atoms with E-state index in [-0.39, 0.29) is 17.2 Å². The minimum Gasteiger partial charge on any atom is -0.379 e. The highest BCUT2D eigenvalue weighted by Gasteiger charge is 2.30. The number of rotatable bonds is 8. The normalized spacial score (nSPS) is 24.1. The number of morpholine rings is 1. The lowest BCUT2D eigenvalue weighted by molar-refractivity contribution is 0.0368. The molecule has 1 aromatic heterocycles.